The van der Waals surface area contributed by atoms with E-state index in [1.54, 1.807) is 14.0 Å². The minimum Gasteiger partial charge on any atom is -0.372 e. The summed E-state index contributed by atoms with van der Waals surface area (Å²) >= 11 is 0. The fraction of sp³-hybridized carbons (Fsp3) is 0.455. The van der Waals surface area contributed by atoms with Crippen molar-refractivity contribution in [1.82, 2.24) is 10.3 Å². The van der Waals surface area contributed by atoms with Crippen LogP contribution in [-0.4, -0.2) is 44.4 Å². The second-order valence-electron chi connectivity index (χ2n) is 4.27. The number of nitrogens with zero attached hydrogens (tertiary/aromatic N) is 1. The van der Waals surface area contributed by atoms with Gasteiger partial charge in [-0.25, -0.2) is 17.8 Å². The van der Waals surface area contributed by atoms with E-state index in [1.165, 1.54) is 0 Å². The topological polar surface area (TPSA) is 88.2 Å². The Balaban J connectivity index is 2.86. The van der Waals surface area contributed by atoms with E-state index in [1.807, 2.05) is 0 Å². The van der Waals surface area contributed by atoms with E-state index in [0.717, 1.165) is 18.5 Å². The monoisotopic (exact) mass is 289 g/mol. The van der Waals surface area contributed by atoms with Crippen LogP contribution in [0.5, 0.6) is 0 Å². The first kappa shape index (κ1) is 15.4. The zero-order valence-corrected chi connectivity index (χ0v) is 11.7. The Kier molecular flexibility index (Phi) is 4.82. The number of carbonyl (C=O) groups is 1. The molecule has 0 aliphatic heterocycles. The van der Waals surface area contributed by atoms with Gasteiger partial charge in [-0.15, -0.1) is 0 Å². The molecule has 19 heavy (non-hydrogen) atoms. The number of aromatic nitrogens is 1. The average Bonchev–Trinajstić information content (AvgIpc) is 2.26. The maximum atomic E-state index is 13.1. The summed E-state index contributed by atoms with van der Waals surface area (Å²) in [6.45, 7) is 1.56. The lowest BCUT2D eigenvalue weighted by atomic mass is 10.2. The molecule has 0 aliphatic rings. The second kappa shape index (κ2) is 5.96. The van der Waals surface area contributed by atoms with Gasteiger partial charge in [0.2, 0.25) is 0 Å². The summed E-state index contributed by atoms with van der Waals surface area (Å²) in [4.78, 5) is 15.7. The Labute approximate surface area is 111 Å². The van der Waals surface area contributed by atoms with Crippen LogP contribution in [0.3, 0.4) is 0 Å². The van der Waals surface area contributed by atoms with Crippen LogP contribution in [0.2, 0.25) is 0 Å². The second-order valence-corrected chi connectivity index (χ2v) is 6.45. The molecule has 1 unspecified atom stereocenters. The van der Waals surface area contributed by atoms with Crippen molar-refractivity contribution in [2.24, 2.45) is 0 Å². The Hall–Kier alpha value is -1.70. The van der Waals surface area contributed by atoms with Crippen molar-refractivity contribution < 1.29 is 17.6 Å². The molecule has 1 aromatic heterocycles. The van der Waals surface area contributed by atoms with Crippen molar-refractivity contribution in [2.75, 3.05) is 24.4 Å². The lowest BCUT2D eigenvalue weighted by molar-refractivity contribution is 0.0943. The summed E-state index contributed by atoms with van der Waals surface area (Å²) in [6, 6.07) is 0.469. The number of hydrogen-bond acceptors (Lipinski definition) is 5. The molecule has 0 fully saturated rings. The van der Waals surface area contributed by atoms with Gasteiger partial charge >= 0.3 is 0 Å². The highest BCUT2D eigenvalue weighted by Crippen LogP contribution is 2.13. The SMILES string of the molecule is CNc1ncc(F)cc1C(=O)NC(C)CS(C)(=O)=O. The summed E-state index contributed by atoms with van der Waals surface area (Å²) in [7, 11) is -1.64. The van der Waals surface area contributed by atoms with Crippen LogP contribution in [0.4, 0.5) is 10.2 Å². The number of rotatable bonds is 5. The highest BCUT2D eigenvalue weighted by Gasteiger charge is 2.17. The molecule has 6 nitrogen and oxygen atoms in total. The largest absolute Gasteiger partial charge is 0.372 e. The summed E-state index contributed by atoms with van der Waals surface area (Å²) in [5.41, 5.74) is 0.0304. The molecule has 1 rings (SSSR count). The highest BCUT2D eigenvalue weighted by atomic mass is 32.2. The minimum atomic E-state index is -3.20. The molecule has 0 spiro atoms. The Morgan fingerprint density at radius 2 is 2.16 bits per heavy atom. The molecule has 2 N–H and O–H groups in total. The summed E-state index contributed by atoms with van der Waals surface area (Å²) < 4.78 is 35.3. The molecule has 0 radical (unpaired) electrons. The molecule has 0 saturated heterocycles. The molecular formula is C11H16FN3O3S. The first-order chi connectivity index (χ1) is 8.73. The predicted octanol–water partition coefficient (Wildman–Crippen LogP) is 0.425. The Morgan fingerprint density at radius 3 is 2.68 bits per heavy atom. The number of anilines is 1. The van der Waals surface area contributed by atoms with Crippen molar-refractivity contribution in [3.8, 4) is 0 Å². The normalized spacial score (nSPS) is 12.8. The van der Waals surface area contributed by atoms with Crippen LogP contribution < -0.4 is 10.6 Å². The molecule has 1 atom stereocenters. The van der Waals surface area contributed by atoms with Crippen LogP contribution in [0.15, 0.2) is 12.3 Å². The van der Waals surface area contributed by atoms with Crippen molar-refractivity contribution in [2.45, 2.75) is 13.0 Å². The standard InChI is InChI=1S/C11H16FN3O3S/c1-7(6-19(3,17)18)15-11(16)9-4-8(12)5-14-10(9)13-2/h4-5,7H,6H2,1-3H3,(H,13,14)(H,15,16). The third-order valence-electron chi connectivity index (χ3n) is 2.27. The van der Waals surface area contributed by atoms with Gasteiger partial charge in [0.1, 0.15) is 21.5 Å². The molecule has 0 saturated carbocycles. The van der Waals surface area contributed by atoms with Gasteiger partial charge in [0, 0.05) is 19.3 Å². The average molecular weight is 289 g/mol. The molecular weight excluding hydrogens is 273 g/mol. The first-order valence-corrected chi connectivity index (χ1v) is 7.61. The van der Waals surface area contributed by atoms with Crippen molar-refractivity contribution in [3.05, 3.63) is 23.6 Å². The fourth-order valence-electron chi connectivity index (χ4n) is 1.61. The van der Waals surface area contributed by atoms with Crippen LogP contribution >= 0.6 is 0 Å². The quantitative estimate of drug-likeness (QED) is 0.820. The predicted molar refractivity (Wildman–Crippen MR) is 70.4 cm³/mol. The summed E-state index contributed by atoms with van der Waals surface area (Å²) in [6.07, 6.45) is 2.07. The van der Waals surface area contributed by atoms with Gasteiger partial charge in [0.25, 0.3) is 5.91 Å². The van der Waals surface area contributed by atoms with Crippen molar-refractivity contribution in [1.29, 1.82) is 0 Å². The first-order valence-electron chi connectivity index (χ1n) is 5.55. The van der Waals surface area contributed by atoms with E-state index in [4.69, 9.17) is 0 Å². The van der Waals surface area contributed by atoms with Gasteiger partial charge in [0.15, 0.2) is 0 Å². The molecule has 1 heterocycles. The lowest BCUT2D eigenvalue weighted by Gasteiger charge is -2.14. The molecule has 0 aliphatic carbocycles. The summed E-state index contributed by atoms with van der Waals surface area (Å²) in [5, 5.41) is 5.16. The molecule has 106 valence electrons. The number of halogens is 1. The van der Waals surface area contributed by atoms with E-state index >= 15 is 0 Å². The molecule has 0 aromatic carbocycles. The zero-order chi connectivity index (χ0) is 14.6. The third-order valence-corrected chi connectivity index (χ3v) is 3.37. The van der Waals surface area contributed by atoms with Crippen molar-refractivity contribution >= 4 is 21.6 Å². The molecule has 0 bridgehead atoms. The van der Waals surface area contributed by atoms with Gasteiger partial charge in [-0.1, -0.05) is 0 Å². The number of amides is 1. The maximum absolute atomic E-state index is 13.1. The summed E-state index contributed by atoms with van der Waals surface area (Å²) in [5.74, 6) is -1.17. The maximum Gasteiger partial charge on any atom is 0.255 e. The van der Waals surface area contributed by atoms with Crippen molar-refractivity contribution in [3.63, 3.8) is 0 Å². The van der Waals surface area contributed by atoms with Crippen LogP contribution in [-0.2, 0) is 9.84 Å². The molecule has 1 aromatic rings. The lowest BCUT2D eigenvalue weighted by Crippen LogP contribution is -2.37. The van der Waals surface area contributed by atoms with E-state index < -0.39 is 27.6 Å². The number of pyridine rings is 1. The smallest absolute Gasteiger partial charge is 0.255 e. The molecule has 8 heteroatoms. The van der Waals surface area contributed by atoms with E-state index in [-0.39, 0.29) is 17.1 Å². The van der Waals surface area contributed by atoms with Gasteiger partial charge in [-0.2, -0.15) is 0 Å². The Bertz CT molecular complexity index is 575. The number of sulfone groups is 1. The Morgan fingerprint density at radius 1 is 1.53 bits per heavy atom. The van der Waals surface area contributed by atoms with Gasteiger partial charge in [-0.05, 0) is 13.0 Å². The van der Waals surface area contributed by atoms with E-state index in [2.05, 4.69) is 15.6 Å². The van der Waals surface area contributed by atoms with Crippen LogP contribution in [0.1, 0.15) is 17.3 Å². The van der Waals surface area contributed by atoms with Crippen LogP contribution in [0.25, 0.3) is 0 Å². The van der Waals surface area contributed by atoms with Gasteiger partial charge in [-0.3, -0.25) is 4.79 Å². The minimum absolute atomic E-state index is 0.0304. The van der Waals surface area contributed by atoms with E-state index in [0.29, 0.717) is 0 Å². The van der Waals surface area contributed by atoms with Crippen LogP contribution in [0, 0.1) is 5.82 Å². The highest BCUT2D eigenvalue weighted by molar-refractivity contribution is 7.90. The molecule has 1 amide bonds. The van der Waals surface area contributed by atoms with Gasteiger partial charge < -0.3 is 10.6 Å². The van der Waals surface area contributed by atoms with Gasteiger partial charge in [0.05, 0.1) is 17.5 Å². The zero-order valence-electron chi connectivity index (χ0n) is 10.9. The van der Waals surface area contributed by atoms with E-state index in [9.17, 15) is 17.6 Å². The fourth-order valence-corrected chi connectivity index (χ4v) is 2.60. The third kappa shape index (κ3) is 4.82. The number of nitrogens with one attached hydrogen (secondary N) is 2. The number of hydrogen-bond donors (Lipinski definition) is 2. The number of carbonyl (C=O) groups excluding carboxylic acids is 1.